The van der Waals surface area contributed by atoms with Gasteiger partial charge in [-0.25, -0.2) is 0 Å². The second-order valence-corrected chi connectivity index (χ2v) is 26.3. The maximum atomic E-state index is 12.6. The largest absolute Gasteiger partial charge is 0.466 e. The molecule has 0 aliphatic rings. The highest BCUT2D eigenvalue weighted by atomic mass is 16.5. The molecule has 2 atom stereocenters. The van der Waals surface area contributed by atoms with Gasteiger partial charge in [-0.15, -0.1) is 0 Å². The Morgan fingerprint density at radius 1 is 0.333 bits per heavy atom. The van der Waals surface area contributed by atoms with Crippen molar-refractivity contribution in [3.05, 3.63) is 36.5 Å². The number of ether oxygens (including phenoxy) is 1. The topological polar surface area (TPSA) is 95.9 Å². The second-order valence-electron chi connectivity index (χ2n) is 26.3. The van der Waals surface area contributed by atoms with E-state index in [9.17, 15) is 19.8 Å². The van der Waals surface area contributed by atoms with E-state index in [0.29, 0.717) is 25.9 Å². The number of aliphatic hydroxyl groups excluding tert-OH is 2. The standard InChI is InChI=1S/C78H149NO5/c1-3-5-7-9-11-13-15-17-19-21-23-24-32-35-38-42-46-50-54-58-62-66-70-76(81)75(74-80)79-77(82)71-67-63-59-55-51-47-43-39-36-33-30-28-26-25-27-29-31-34-37-41-45-49-53-57-61-65-69-73-84-78(83)72-68-64-60-56-52-48-44-40-22-20-18-16-14-12-10-8-6-4-2/h20,22,25-26,29,31,75-76,80-81H,3-19,21,23-24,27-28,30,32-74H2,1-2H3,(H,79,82)/b22-20-,26-25-,31-29-. The molecule has 0 radical (unpaired) electrons. The van der Waals surface area contributed by atoms with Gasteiger partial charge in [0.15, 0.2) is 0 Å². The lowest BCUT2D eigenvalue weighted by Gasteiger charge is -2.22. The number of rotatable bonds is 72. The fraction of sp³-hybridized carbons (Fsp3) is 0.897. The predicted octanol–water partition coefficient (Wildman–Crippen LogP) is 25.0. The van der Waals surface area contributed by atoms with Crippen molar-refractivity contribution in [1.82, 2.24) is 5.32 Å². The lowest BCUT2D eigenvalue weighted by molar-refractivity contribution is -0.143. The zero-order valence-electron chi connectivity index (χ0n) is 56.9. The molecule has 3 N–H and O–H groups in total. The summed E-state index contributed by atoms with van der Waals surface area (Å²) >= 11 is 0. The summed E-state index contributed by atoms with van der Waals surface area (Å²) in [4.78, 5) is 24.7. The van der Waals surface area contributed by atoms with Crippen LogP contribution in [0.1, 0.15) is 425 Å². The van der Waals surface area contributed by atoms with Crippen LogP contribution in [0.5, 0.6) is 0 Å². The highest BCUT2D eigenvalue weighted by molar-refractivity contribution is 5.76. The number of amides is 1. The number of hydrogen-bond donors (Lipinski definition) is 3. The number of esters is 1. The number of hydrogen-bond acceptors (Lipinski definition) is 5. The van der Waals surface area contributed by atoms with Gasteiger partial charge in [0.05, 0.1) is 25.4 Å². The number of unbranched alkanes of at least 4 members (excludes halogenated alkanes) is 55. The Hall–Kier alpha value is -1.92. The molecule has 1 amide bonds. The van der Waals surface area contributed by atoms with E-state index >= 15 is 0 Å². The summed E-state index contributed by atoms with van der Waals surface area (Å²) in [6.45, 7) is 4.99. The van der Waals surface area contributed by atoms with Crippen molar-refractivity contribution in [2.75, 3.05) is 13.2 Å². The second kappa shape index (κ2) is 73.5. The first-order valence-electron chi connectivity index (χ1n) is 38.2. The van der Waals surface area contributed by atoms with Crippen molar-refractivity contribution in [3.63, 3.8) is 0 Å². The minimum absolute atomic E-state index is 0.00858. The van der Waals surface area contributed by atoms with Crippen LogP contribution < -0.4 is 5.32 Å². The summed E-state index contributed by atoms with van der Waals surface area (Å²) in [6, 6.07) is -0.546. The first-order valence-corrected chi connectivity index (χ1v) is 38.2. The van der Waals surface area contributed by atoms with Crippen LogP contribution in [0.25, 0.3) is 0 Å². The molecule has 496 valence electrons. The zero-order valence-corrected chi connectivity index (χ0v) is 56.9. The van der Waals surface area contributed by atoms with E-state index in [1.807, 2.05) is 0 Å². The zero-order chi connectivity index (χ0) is 60.6. The van der Waals surface area contributed by atoms with Crippen molar-refractivity contribution in [2.24, 2.45) is 0 Å². The molecule has 0 aliphatic carbocycles. The third kappa shape index (κ3) is 69.2. The Labute approximate surface area is 525 Å². The summed E-state index contributed by atoms with van der Waals surface area (Å²) in [5.74, 6) is -0.0251. The molecule has 0 heterocycles. The molecule has 0 fully saturated rings. The third-order valence-electron chi connectivity index (χ3n) is 17.9. The van der Waals surface area contributed by atoms with Gasteiger partial charge < -0.3 is 20.3 Å². The van der Waals surface area contributed by atoms with E-state index in [4.69, 9.17) is 4.74 Å². The molecular formula is C78H149NO5. The molecule has 0 aromatic carbocycles. The van der Waals surface area contributed by atoms with E-state index < -0.39 is 12.1 Å². The number of carbonyl (C=O) groups is 2. The van der Waals surface area contributed by atoms with E-state index in [0.717, 1.165) is 51.4 Å². The van der Waals surface area contributed by atoms with Gasteiger partial charge in [-0.3, -0.25) is 9.59 Å². The molecule has 0 rings (SSSR count). The predicted molar refractivity (Wildman–Crippen MR) is 370 cm³/mol. The minimum atomic E-state index is -0.668. The summed E-state index contributed by atoms with van der Waals surface area (Å²) in [6.07, 6.45) is 95.0. The Bertz CT molecular complexity index is 1360. The highest BCUT2D eigenvalue weighted by Crippen LogP contribution is 2.19. The molecule has 0 aromatic rings. The molecule has 0 aliphatic heterocycles. The van der Waals surface area contributed by atoms with Gasteiger partial charge >= 0.3 is 5.97 Å². The molecule has 0 saturated heterocycles. The SMILES string of the molecule is CCCCCCCCC/C=C\CCCCCCCCCC(=O)OCCCCCCCCCCC/C=C\C/C=C\CCCCCCCCCCCCCC(=O)NC(CO)C(O)CCCCCCCCCCCCCCCCCCCCCCCC. The molecule has 0 aromatic heterocycles. The highest BCUT2D eigenvalue weighted by Gasteiger charge is 2.20. The van der Waals surface area contributed by atoms with Crippen molar-refractivity contribution in [2.45, 2.75) is 437 Å². The van der Waals surface area contributed by atoms with Crippen molar-refractivity contribution in [1.29, 1.82) is 0 Å². The van der Waals surface area contributed by atoms with Gasteiger partial charge in [0.25, 0.3) is 0 Å². The molecular weight excluding hydrogens is 1030 g/mol. The Morgan fingerprint density at radius 2 is 0.595 bits per heavy atom. The smallest absolute Gasteiger partial charge is 0.305 e. The summed E-state index contributed by atoms with van der Waals surface area (Å²) in [5, 5.41) is 23.4. The average Bonchev–Trinajstić information content (AvgIpc) is 3.51. The fourth-order valence-electron chi connectivity index (χ4n) is 12.1. The van der Waals surface area contributed by atoms with Crippen LogP contribution in [0.2, 0.25) is 0 Å². The van der Waals surface area contributed by atoms with Crippen molar-refractivity contribution in [3.8, 4) is 0 Å². The fourth-order valence-corrected chi connectivity index (χ4v) is 12.1. The molecule has 2 unspecified atom stereocenters. The quantitative estimate of drug-likeness (QED) is 0.0320. The Kier molecular flexibility index (Phi) is 71.9. The van der Waals surface area contributed by atoms with E-state index in [-0.39, 0.29) is 18.5 Å². The monoisotopic (exact) mass is 1180 g/mol. The average molecular weight is 1180 g/mol. The van der Waals surface area contributed by atoms with Gasteiger partial charge in [-0.1, -0.05) is 365 Å². The summed E-state index contributed by atoms with van der Waals surface area (Å²) < 4.78 is 5.50. The van der Waals surface area contributed by atoms with Crippen molar-refractivity contribution < 1.29 is 24.5 Å². The van der Waals surface area contributed by atoms with Gasteiger partial charge in [0.1, 0.15) is 0 Å². The first kappa shape index (κ1) is 82.1. The molecule has 84 heavy (non-hydrogen) atoms. The Morgan fingerprint density at radius 3 is 0.917 bits per heavy atom. The van der Waals surface area contributed by atoms with E-state index in [2.05, 4.69) is 55.6 Å². The number of aliphatic hydroxyl groups is 2. The molecule has 0 bridgehead atoms. The number of carbonyl (C=O) groups excluding carboxylic acids is 2. The number of nitrogens with one attached hydrogen (secondary N) is 1. The molecule has 0 saturated carbocycles. The maximum Gasteiger partial charge on any atom is 0.305 e. The van der Waals surface area contributed by atoms with Crippen LogP contribution in [0.3, 0.4) is 0 Å². The molecule has 0 spiro atoms. The van der Waals surface area contributed by atoms with Gasteiger partial charge in [-0.05, 0) is 83.5 Å². The van der Waals surface area contributed by atoms with Gasteiger partial charge in [0, 0.05) is 12.8 Å². The van der Waals surface area contributed by atoms with Crippen LogP contribution in [-0.2, 0) is 14.3 Å². The summed E-state index contributed by atoms with van der Waals surface area (Å²) in [7, 11) is 0. The lowest BCUT2D eigenvalue weighted by atomic mass is 10.0. The maximum absolute atomic E-state index is 12.6. The third-order valence-corrected chi connectivity index (χ3v) is 17.9. The lowest BCUT2D eigenvalue weighted by Crippen LogP contribution is -2.45. The summed E-state index contributed by atoms with van der Waals surface area (Å²) in [5.41, 5.74) is 0. The van der Waals surface area contributed by atoms with Gasteiger partial charge in [0.2, 0.25) is 5.91 Å². The van der Waals surface area contributed by atoms with Crippen LogP contribution in [-0.4, -0.2) is 47.4 Å². The van der Waals surface area contributed by atoms with Crippen LogP contribution in [0.4, 0.5) is 0 Å². The molecule has 6 nitrogen and oxygen atoms in total. The molecule has 6 heteroatoms. The number of allylic oxidation sites excluding steroid dienone is 6. The van der Waals surface area contributed by atoms with Crippen LogP contribution in [0, 0.1) is 0 Å². The normalized spacial score (nSPS) is 12.7. The van der Waals surface area contributed by atoms with E-state index in [1.165, 1.54) is 340 Å². The Balaban J connectivity index is 3.41. The minimum Gasteiger partial charge on any atom is -0.466 e. The van der Waals surface area contributed by atoms with E-state index in [1.54, 1.807) is 0 Å². The van der Waals surface area contributed by atoms with Gasteiger partial charge in [-0.2, -0.15) is 0 Å². The van der Waals surface area contributed by atoms with Crippen LogP contribution in [0.15, 0.2) is 36.5 Å². The van der Waals surface area contributed by atoms with Crippen molar-refractivity contribution >= 4 is 11.9 Å². The first-order chi connectivity index (χ1) is 41.5. The van der Waals surface area contributed by atoms with Crippen LogP contribution >= 0.6 is 0 Å².